The van der Waals surface area contributed by atoms with Gasteiger partial charge in [-0.15, -0.1) is 0 Å². The van der Waals surface area contributed by atoms with Gasteiger partial charge in [0, 0.05) is 17.7 Å². The van der Waals surface area contributed by atoms with Crippen molar-refractivity contribution in [3.05, 3.63) is 65.0 Å². The van der Waals surface area contributed by atoms with E-state index in [-0.39, 0.29) is 17.8 Å². The molecule has 4 heteroatoms. The molecule has 0 saturated carbocycles. The molecule has 0 bridgehead atoms. The molecule has 1 aliphatic rings. The summed E-state index contributed by atoms with van der Waals surface area (Å²) in [5.41, 5.74) is 3.79. The zero-order chi connectivity index (χ0) is 16.4. The first kappa shape index (κ1) is 15.7. The van der Waals surface area contributed by atoms with Crippen molar-refractivity contribution in [1.82, 2.24) is 0 Å². The van der Waals surface area contributed by atoms with Crippen LogP contribution in [0.5, 0.6) is 0 Å². The van der Waals surface area contributed by atoms with Crippen LogP contribution < -0.4 is 10.2 Å². The van der Waals surface area contributed by atoms with Gasteiger partial charge in [0.15, 0.2) is 6.04 Å². The van der Waals surface area contributed by atoms with Crippen molar-refractivity contribution in [2.45, 2.75) is 32.9 Å². The van der Waals surface area contributed by atoms with Gasteiger partial charge in [0.2, 0.25) is 0 Å². The average molecular weight is 313 g/mol. The molecule has 1 heterocycles. The summed E-state index contributed by atoms with van der Waals surface area (Å²) in [7, 11) is 0. The summed E-state index contributed by atoms with van der Waals surface area (Å²) >= 11 is 0. The molecule has 2 atom stereocenters. The van der Waals surface area contributed by atoms with Crippen molar-refractivity contribution < 1.29 is 14.1 Å². The van der Waals surface area contributed by atoms with Gasteiger partial charge in [-0.25, -0.2) is 4.39 Å². The van der Waals surface area contributed by atoms with Crippen LogP contribution in [0.25, 0.3) is 0 Å². The standard InChI is InChI=1S/C19H21FN2O/c1-13-7-8-17(11-18(13)20)21-19(23)14(2)22-10-9-15-5-3-4-6-16(15)12-22/h3-8,11,14H,9-10,12H2,1-2H3,(H,21,23)/p+1/t14-/m0/s1. The molecule has 0 aliphatic carbocycles. The third-order valence-corrected chi connectivity index (χ3v) is 4.70. The van der Waals surface area contributed by atoms with Gasteiger partial charge in [0.1, 0.15) is 12.4 Å². The third kappa shape index (κ3) is 3.42. The predicted molar refractivity (Wildman–Crippen MR) is 88.9 cm³/mol. The first-order valence-electron chi connectivity index (χ1n) is 8.03. The molecule has 0 saturated heterocycles. The Hall–Kier alpha value is -2.20. The molecular weight excluding hydrogens is 291 g/mol. The maximum atomic E-state index is 13.6. The first-order chi connectivity index (χ1) is 11.0. The van der Waals surface area contributed by atoms with Crippen molar-refractivity contribution in [2.75, 3.05) is 11.9 Å². The van der Waals surface area contributed by atoms with E-state index in [0.29, 0.717) is 11.3 Å². The molecule has 1 unspecified atom stereocenters. The Morgan fingerprint density at radius 2 is 1.96 bits per heavy atom. The fourth-order valence-electron chi connectivity index (χ4n) is 3.08. The van der Waals surface area contributed by atoms with E-state index in [2.05, 4.69) is 23.5 Å². The highest BCUT2D eigenvalue weighted by Gasteiger charge is 2.28. The topological polar surface area (TPSA) is 33.5 Å². The highest BCUT2D eigenvalue weighted by molar-refractivity contribution is 5.93. The van der Waals surface area contributed by atoms with Crippen LogP contribution in [0.3, 0.4) is 0 Å². The van der Waals surface area contributed by atoms with Crippen molar-refractivity contribution in [3.63, 3.8) is 0 Å². The summed E-state index contributed by atoms with van der Waals surface area (Å²) in [6, 6.07) is 13.0. The van der Waals surface area contributed by atoms with Gasteiger partial charge in [-0.2, -0.15) is 0 Å². The van der Waals surface area contributed by atoms with Gasteiger partial charge in [-0.05, 0) is 37.1 Å². The number of aryl methyl sites for hydroxylation is 1. The second kappa shape index (κ2) is 6.50. The van der Waals surface area contributed by atoms with E-state index in [1.165, 1.54) is 22.1 Å². The lowest BCUT2D eigenvalue weighted by Gasteiger charge is -2.30. The van der Waals surface area contributed by atoms with Crippen LogP contribution in [0.2, 0.25) is 0 Å². The second-order valence-corrected chi connectivity index (χ2v) is 6.28. The van der Waals surface area contributed by atoms with E-state index >= 15 is 0 Å². The maximum absolute atomic E-state index is 13.6. The predicted octanol–water partition coefficient (Wildman–Crippen LogP) is 2.10. The molecule has 0 aromatic heterocycles. The SMILES string of the molecule is Cc1ccc(NC(=O)[C@H](C)[NH+]2CCc3ccccc3C2)cc1F. The number of nitrogens with one attached hydrogen (secondary N) is 2. The summed E-state index contributed by atoms with van der Waals surface area (Å²) in [4.78, 5) is 13.7. The Bertz CT molecular complexity index is 729. The Labute approximate surface area is 136 Å². The molecule has 23 heavy (non-hydrogen) atoms. The molecule has 0 spiro atoms. The van der Waals surface area contributed by atoms with Crippen LogP contribution in [-0.4, -0.2) is 18.5 Å². The number of anilines is 1. The molecule has 2 aromatic rings. The molecule has 3 nitrogen and oxygen atoms in total. The van der Waals surface area contributed by atoms with Gasteiger partial charge >= 0.3 is 0 Å². The lowest BCUT2D eigenvalue weighted by molar-refractivity contribution is -0.929. The van der Waals surface area contributed by atoms with Crippen LogP contribution in [0.1, 0.15) is 23.6 Å². The number of fused-ring (bicyclic) bond motifs is 1. The molecule has 2 aromatic carbocycles. The monoisotopic (exact) mass is 313 g/mol. The quantitative estimate of drug-likeness (QED) is 0.894. The van der Waals surface area contributed by atoms with Crippen LogP contribution >= 0.6 is 0 Å². The number of halogens is 1. The van der Waals surface area contributed by atoms with Gasteiger partial charge in [0.05, 0.1) is 6.54 Å². The van der Waals surface area contributed by atoms with Crippen LogP contribution in [0, 0.1) is 12.7 Å². The van der Waals surface area contributed by atoms with Crippen molar-refractivity contribution in [3.8, 4) is 0 Å². The number of quaternary nitrogens is 1. The normalized spacial score (nSPS) is 18.1. The Morgan fingerprint density at radius 1 is 1.22 bits per heavy atom. The average Bonchev–Trinajstić information content (AvgIpc) is 2.57. The molecule has 1 aliphatic heterocycles. The lowest BCUT2D eigenvalue weighted by Crippen LogP contribution is -3.16. The Morgan fingerprint density at radius 3 is 2.70 bits per heavy atom. The minimum atomic E-state index is -0.297. The second-order valence-electron chi connectivity index (χ2n) is 6.28. The molecular formula is C19H22FN2O+. The Balaban J connectivity index is 1.67. The van der Waals surface area contributed by atoms with Crippen molar-refractivity contribution in [2.24, 2.45) is 0 Å². The molecule has 1 amide bonds. The van der Waals surface area contributed by atoms with Crippen LogP contribution in [-0.2, 0) is 17.8 Å². The summed E-state index contributed by atoms with van der Waals surface area (Å²) in [6.45, 7) is 5.43. The number of hydrogen-bond acceptors (Lipinski definition) is 1. The van der Waals surface area contributed by atoms with E-state index in [0.717, 1.165) is 19.5 Å². The van der Waals surface area contributed by atoms with Crippen LogP contribution in [0.15, 0.2) is 42.5 Å². The van der Waals surface area contributed by atoms with Gasteiger partial charge in [-0.1, -0.05) is 30.3 Å². The van der Waals surface area contributed by atoms with Gasteiger partial charge in [0.25, 0.3) is 5.91 Å². The molecule has 0 radical (unpaired) electrons. The molecule has 120 valence electrons. The fraction of sp³-hybridized carbons (Fsp3) is 0.316. The largest absolute Gasteiger partial charge is 0.321 e. The summed E-state index contributed by atoms with van der Waals surface area (Å²) in [5.74, 6) is -0.364. The summed E-state index contributed by atoms with van der Waals surface area (Å²) in [5, 5.41) is 2.83. The maximum Gasteiger partial charge on any atom is 0.282 e. The van der Waals surface area contributed by atoms with E-state index in [9.17, 15) is 9.18 Å². The highest BCUT2D eigenvalue weighted by atomic mass is 19.1. The minimum absolute atomic E-state index is 0.0670. The minimum Gasteiger partial charge on any atom is -0.321 e. The zero-order valence-electron chi connectivity index (χ0n) is 13.5. The van der Waals surface area contributed by atoms with E-state index < -0.39 is 0 Å². The summed E-state index contributed by atoms with van der Waals surface area (Å²) in [6.07, 6.45) is 0.988. The zero-order valence-corrected chi connectivity index (χ0v) is 13.5. The fourth-order valence-corrected chi connectivity index (χ4v) is 3.08. The lowest BCUT2D eigenvalue weighted by atomic mass is 9.99. The number of carbonyl (C=O) groups is 1. The molecule has 3 rings (SSSR count). The number of hydrogen-bond donors (Lipinski definition) is 2. The van der Waals surface area contributed by atoms with Gasteiger partial charge < -0.3 is 10.2 Å². The number of benzene rings is 2. The Kier molecular flexibility index (Phi) is 4.44. The van der Waals surface area contributed by atoms with Crippen molar-refractivity contribution in [1.29, 1.82) is 0 Å². The van der Waals surface area contributed by atoms with Crippen LogP contribution in [0.4, 0.5) is 10.1 Å². The van der Waals surface area contributed by atoms with Crippen molar-refractivity contribution >= 4 is 11.6 Å². The van der Waals surface area contributed by atoms with E-state index in [1.54, 1.807) is 19.1 Å². The van der Waals surface area contributed by atoms with E-state index in [4.69, 9.17) is 0 Å². The van der Waals surface area contributed by atoms with Gasteiger partial charge in [-0.3, -0.25) is 4.79 Å². The van der Waals surface area contributed by atoms with E-state index in [1.807, 2.05) is 13.0 Å². The third-order valence-electron chi connectivity index (χ3n) is 4.70. The number of rotatable bonds is 3. The first-order valence-corrected chi connectivity index (χ1v) is 8.03. The summed E-state index contributed by atoms with van der Waals surface area (Å²) < 4.78 is 13.6. The highest BCUT2D eigenvalue weighted by Crippen LogP contribution is 2.14. The number of amides is 1. The smallest absolute Gasteiger partial charge is 0.282 e. The molecule has 2 N–H and O–H groups in total. The molecule has 0 fully saturated rings. The number of carbonyl (C=O) groups excluding carboxylic acids is 1.